The van der Waals surface area contributed by atoms with Gasteiger partial charge >= 0.3 is 0 Å². The minimum absolute atomic E-state index is 0.549. The smallest absolute Gasteiger partial charge is 0.0707 e. The highest BCUT2D eigenvalue weighted by atomic mass is 16.5. The van der Waals surface area contributed by atoms with E-state index in [9.17, 15) is 0 Å². The van der Waals surface area contributed by atoms with E-state index in [1.54, 1.807) is 0 Å². The largest absolute Gasteiger partial charge is 0.372 e. The molecule has 0 aromatic rings. The zero-order chi connectivity index (χ0) is 11.0. The molecule has 3 fully saturated rings. The fourth-order valence-electron chi connectivity index (χ4n) is 3.82. The van der Waals surface area contributed by atoms with Crippen LogP contribution in [0.4, 0.5) is 0 Å². The van der Waals surface area contributed by atoms with Gasteiger partial charge < -0.3 is 10.1 Å². The topological polar surface area (TPSA) is 24.5 Å². The van der Waals surface area contributed by atoms with Crippen molar-refractivity contribution in [1.29, 1.82) is 0 Å². The Labute approximate surface area is 98.5 Å². The predicted molar refractivity (Wildman–Crippen MR) is 64.5 cm³/mol. The van der Waals surface area contributed by atoms with Crippen LogP contribution in [0.2, 0.25) is 0 Å². The molecule has 0 amide bonds. The third kappa shape index (κ3) is 2.13. The number of morpholine rings is 1. The van der Waals surface area contributed by atoms with Gasteiger partial charge in [-0.1, -0.05) is 6.42 Å². The zero-order valence-electron chi connectivity index (χ0n) is 10.3. The van der Waals surface area contributed by atoms with Crippen LogP contribution in [0.1, 0.15) is 32.1 Å². The summed E-state index contributed by atoms with van der Waals surface area (Å²) in [5, 5.41) is 3.48. The summed E-state index contributed by atoms with van der Waals surface area (Å²) in [5.41, 5.74) is 0. The molecule has 0 radical (unpaired) electrons. The van der Waals surface area contributed by atoms with Gasteiger partial charge in [0, 0.05) is 25.7 Å². The average molecular weight is 224 g/mol. The minimum Gasteiger partial charge on any atom is -0.372 e. The van der Waals surface area contributed by atoms with Crippen molar-refractivity contribution in [2.24, 2.45) is 5.92 Å². The number of fused-ring (bicyclic) bond motifs is 2. The lowest BCUT2D eigenvalue weighted by Gasteiger charge is -2.35. The van der Waals surface area contributed by atoms with Crippen molar-refractivity contribution in [3.63, 3.8) is 0 Å². The second-order valence-electron chi connectivity index (χ2n) is 5.76. The van der Waals surface area contributed by atoms with Crippen LogP contribution in [0, 0.1) is 5.92 Å². The Hall–Kier alpha value is -0.120. The predicted octanol–water partition coefficient (Wildman–Crippen LogP) is 1.24. The Bertz CT molecular complexity index is 234. The number of rotatable bonds is 3. The fraction of sp³-hybridized carbons (Fsp3) is 1.00. The molecule has 4 atom stereocenters. The molecular weight excluding hydrogens is 200 g/mol. The van der Waals surface area contributed by atoms with Crippen molar-refractivity contribution in [1.82, 2.24) is 10.2 Å². The lowest BCUT2D eigenvalue weighted by molar-refractivity contribution is -0.0431. The molecular formula is C13H24N2O. The molecule has 0 aromatic carbocycles. The molecule has 92 valence electrons. The number of likely N-dealkylation sites (tertiary alicyclic amines) is 1. The Morgan fingerprint density at radius 2 is 1.88 bits per heavy atom. The summed E-state index contributed by atoms with van der Waals surface area (Å²) in [6.07, 6.45) is 7.88. The Morgan fingerprint density at radius 3 is 2.56 bits per heavy atom. The summed E-state index contributed by atoms with van der Waals surface area (Å²) in [6, 6.07) is 0.764. The van der Waals surface area contributed by atoms with Crippen molar-refractivity contribution >= 4 is 0 Å². The molecule has 3 aliphatic rings. The molecule has 3 heteroatoms. The van der Waals surface area contributed by atoms with E-state index in [1.807, 2.05) is 0 Å². The van der Waals surface area contributed by atoms with E-state index in [0.717, 1.165) is 12.0 Å². The number of hydrogen-bond donors (Lipinski definition) is 1. The standard InChI is InChI=1S/C13H24N2O/c1-14-13-4-2-3-10(13)7-15-8-11-5-6-12(9-15)16-11/h10-14H,2-9H2,1H3. The van der Waals surface area contributed by atoms with Gasteiger partial charge in [0.25, 0.3) is 0 Å². The highest BCUT2D eigenvalue weighted by molar-refractivity contribution is 4.89. The number of nitrogens with one attached hydrogen (secondary N) is 1. The SMILES string of the molecule is CNC1CCCC1CN1CC2CCC(C1)O2. The maximum atomic E-state index is 5.89. The van der Waals surface area contributed by atoms with E-state index in [2.05, 4.69) is 17.3 Å². The molecule has 2 saturated heterocycles. The van der Waals surface area contributed by atoms with Gasteiger partial charge in [0.05, 0.1) is 12.2 Å². The van der Waals surface area contributed by atoms with Gasteiger partial charge in [0.2, 0.25) is 0 Å². The van der Waals surface area contributed by atoms with Crippen molar-refractivity contribution < 1.29 is 4.74 Å². The molecule has 1 aliphatic carbocycles. The molecule has 2 bridgehead atoms. The molecule has 0 spiro atoms. The molecule has 1 N–H and O–H groups in total. The zero-order valence-corrected chi connectivity index (χ0v) is 10.3. The molecule has 0 aromatic heterocycles. The van der Waals surface area contributed by atoms with E-state index in [-0.39, 0.29) is 0 Å². The van der Waals surface area contributed by atoms with Gasteiger partial charge in [0.15, 0.2) is 0 Å². The maximum absolute atomic E-state index is 5.89. The van der Waals surface area contributed by atoms with Crippen LogP contribution in [0.25, 0.3) is 0 Å². The van der Waals surface area contributed by atoms with Gasteiger partial charge in [-0.05, 0) is 38.6 Å². The fourth-order valence-corrected chi connectivity index (χ4v) is 3.82. The molecule has 16 heavy (non-hydrogen) atoms. The third-order valence-electron chi connectivity index (χ3n) is 4.64. The molecule has 2 aliphatic heterocycles. The van der Waals surface area contributed by atoms with Crippen LogP contribution in [-0.2, 0) is 4.74 Å². The Morgan fingerprint density at radius 1 is 1.12 bits per heavy atom. The number of hydrogen-bond acceptors (Lipinski definition) is 3. The normalized spacial score (nSPS) is 44.1. The summed E-state index contributed by atoms with van der Waals surface area (Å²) in [6.45, 7) is 3.66. The van der Waals surface area contributed by atoms with Gasteiger partial charge in [-0.15, -0.1) is 0 Å². The number of nitrogens with zero attached hydrogens (tertiary/aromatic N) is 1. The summed E-state index contributed by atoms with van der Waals surface area (Å²) >= 11 is 0. The van der Waals surface area contributed by atoms with Crippen LogP contribution < -0.4 is 5.32 Å². The van der Waals surface area contributed by atoms with Crippen LogP contribution in [0.5, 0.6) is 0 Å². The quantitative estimate of drug-likeness (QED) is 0.780. The summed E-state index contributed by atoms with van der Waals surface area (Å²) in [4.78, 5) is 2.66. The van der Waals surface area contributed by atoms with E-state index >= 15 is 0 Å². The van der Waals surface area contributed by atoms with E-state index in [0.29, 0.717) is 12.2 Å². The van der Waals surface area contributed by atoms with E-state index in [4.69, 9.17) is 4.74 Å². The van der Waals surface area contributed by atoms with Crippen molar-refractivity contribution in [3.8, 4) is 0 Å². The molecule has 4 unspecified atom stereocenters. The molecule has 3 nitrogen and oxygen atoms in total. The van der Waals surface area contributed by atoms with E-state index in [1.165, 1.54) is 51.7 Å². The van der Waals surface area contributed by atoms with Gasteiger partial charge in [-0.2, -0.15) is 0 Å². The van der Waals surface area contributed by atoms with Gasteiger partial charge in [0.1, 0.15) is 0 Å². The second-order valence-corrected chi connectivity index (χ2v) is 5.76. The summed E-state index contributed by atoms with van der Waals surface area (Å²) < 4.78 is 5.89. The van der Waals surface area contributed by atoms with Crippen LogP contribution in [0.3, 0.4) is 0 Å². The Balaban J connectivity index is 1.54. The first-order chi connectivity index (χ1) is 7.85. The Kier molecular flexibility index (Phi) is 3.18. The lowest BCUT2D eigenvalue weighted by atomic mass is 10.0. The first kappa shape index (κ1) is 11.0. The number of ether oxygens (including phenoxy) is 1. The van der Waals surface area contributed by atoms with Crippen LogP contribution >= 0.6 is 0 Å². The van der Waals surface area contributed by atoms with Crippen LogP contribution in [-0.4, -0.2) is 49.8 Å². The van der Waals surface area contributed by atoms with E-state index < -0.39 is 0 Å². The molecule has 3 rings (SSSR count). The lowest BCUT2D eigenvalue weighted by Crippen LogP contribution is -2.46. The van der Waals surface area contributed by atoms with Crippen LogP contribution in [0.15, 0.2) is 0 Å². The third-order valence-corrected chi connectivity index (χ3v) is 4.64. The molecule has 1 saturated carbocycles. The van der Waals surface area contributed by atoms with Crippen molar-refractivity contribution in [3.05, 3.63) is 0 Å². The van der Waals surface area contributed by atoms with Gasteiger partial charge in [-0.25, -0.2) is 0 Å². The van der Waals surface area contributed by atoms with Crippen molar-refractivity contribution in [2.75, 3.05) is 26.7 Å². The summed E-state index contributed by atoms with van der Waals surface area (Å²) in [7, 11) is 2.12. The maximum Gasteiger partial charge on any atom is 0.0707 e. The first-order valence-electron chi connectivity index (χ1n) is 6.90. The minimum atomic E-state index is 0.549. The molecule has 2 heterocycles. The highest BCUT2D eigenvalue weighted by Crippen LogP contribution is 2.30. The second kappa shape index (κ2) is 4.63. The van der Waals surface area contributed by atoms with Gasteiger partial charge in [-0.3, -0.25) is 4.90 Å². The monoisotopic (exact) mass is 224 g/mol. The average Bonchev–Trinajstić information content (AvgIpc) is 2.85. The first-order valence-corrected chi connectivity index (χ1v) is 6.90. The highest BCUT2D eigenvalue weighted by Gasteiger charge is 2.36. The summed E-state index contributed by atoms with van der Waals surface area (Å²) in [5.74, 6) is 0.877. The van der Waals surface area contributed by atoms with Crippen molar-refractivity contribution in [2.45, 2.75) is 50.4 Å².